The summed E-state index contributed by atoms with van der Waals surface area (Å²) in [5, 5.41) is 4.17. The molecule has 0 spiro atoms. The van der Waals surface area contributed by atoms with Gasteiger partial charge in [0.2, 0.25) is 0 Å². The minimum absolute atomic E-state index is 0.547. The van der Waals surface area contributed by atoms with Crippen LogP contribution in [0.4, 0.5) is 101 Å². The van der Waals surface area contributed by atoms with Gasteiger partial charge in [0, 0.05) is 70.1 Å². The van der Waals surface area contributed by atoms with Crippen LogP contribution in [0.25, 0.3) is 43.8 Å². The van der Waals surface area contributed by atoms with Crippen molar-refractivity contribution in [2.45, 2.75) is 26.2 Å². The van der Waals surface area contributed by atoms with E-state index in [1.807, 2.05) is 48.5 Å². The second-order valence-electron chi connectivity index (χ2n) is 17.7. The van der Waals surface area contributed by atoms with E-state index in [2.05, 4.69) is 141 Å². The minimum atomic E-state index is -10.7. The zero-order chi connectivity index (χ0) is 63.2. The Morgan fingerprint density at radius 3 is 0.512 bits per heavy atom. The Morgan fingerprint density at radius 1 is 0.226 bits per heavy atom. The first-order valence-electron chi connectivity index (χ1n) is 23.3. The average molecular weight is 1320 g/mol. The van der Waals surface area contributed by atoms with Crippen molar-refractivity contribution in [3.63, 3.8) is 0 Å². The molecule has 0 radical (unpaired) electrons. The van der Waals surface area contributed by atoms with E-state index < -0.39 is 31.2 Å². The van der Waals surface area contributed by atoms with Gasteiger partial charge < -0.3 is 18.9 Å². The molecule has 0 saturated carbocycles. The Hall–Kier alpha value is -6.76. The van der Waals surface area contributed by atoms with E-state index in [-0.39, 0.29) is 0 Å². The van der Waals surface area contributed by atoms with Gasteiger partial charge in [0.15, 0.2) is 75.8 Å². The molecule has 11 heterocycles. The van der Waals surface area contributed by atoms with Crippen molar-refractivity contribution in [2.75, 3.05) is 26.4 Å². The molecule has 8 nitrogen and oxygen atoms in total. The van der Waals surface area contributed by atoms with Crippen LogP contribution in [0.5, 0.6) is 23.0 Å². The van der Waals surface area contributed by atoms with Crippen LogP contribution in [-0.4, -0.2) is 26.4 Å². The molecule has 4 aromatic heterocycles. The van der Waals surface area contributed by atoms with Crippen molar-refractivity contribution >= 4 is 52.8 Å². The third kappa shape index (κ3) is 32.3. The summed E-state index contributed by atoms with van der Waals surface area (Å²) in [6.45, 7) is 5.10. The molecule has 468 valence electrons. The molecular weight excluding hydrogens is 1280 g/mol. The second-order valence-corrected chi connectivity index (χ2v) is 25.4. The topological polar surface area (TPSA) is 52.4 Å². The number of hydrogen-bond donors (Lipinski definition) is 0. The van der Waals surface area contributed by atoms with Crippen molar-refractivity contribution < 1.29 is 138 Å². The van der Waals surface area contributed by atoms with Gasteiger partial charge in [-0.15, -0.1) is 0 Å². The molecule has 7 aliphatic heterocycles. The molecule has 0 amide bonds. The first-order chi connectivity index (χ1) is 37.5. The first kappa shape index (κ1) is 68.0. The quantitative estimate of drug-likeness (QED) is 0.0863. The van der Waals surface area contributed by atoms with Gasteiger partial charge in [-0.3, -0.25) is 0 Å². The predicted molar refractivity (Wildman–Crippen MR) is 269 cm³/mol. The molecular formula is C48H44F24N4O4P4. The summed E-state index contributed by atoms with van der Waals surface area (Å²) in [5.74, 6) is 3.42. The number of rotatable bonds is 0. The Morgan fingerprint density at radius 2 is 0.369 bits per heavy atom. The SMILES string of the molecule is F[P-](F)(F)(F)(F)F.F[P-](F)(F)(F)(F)F.F[P-](F)(F)(F)(F)F.F[P-](F)(F)(F)(F)F.c1cc2c3cccc(c3c1)OCC[n+]1ccc(cc1)-c1cc[n+](cc1)CCOc1cccc3c(cccc13)OCC[n+]1ccc(cc1)-c1cc[n+](cc1)CCO2. The predicted octanol–water partition coefficient (Wildman–Crippen LogP) is 20.6. The molecule has 0 N–H and O–H groups in total. The molecule has 36 heteroatoms. The third-order valence-corrected chi connectivity index (χ3v) is 10.3. The summed E-state index contributed by atoms with van der Waals surface area (Å²) in [4.78, 5) is 0. The zero-order valence-electron chi connectivity index (χ0n) is 42.1. The minimum Gasteiger partial charge on any atom is -0.486 e. The van der Waals surface area contributed by atoms with E-state index in [1.165, 1.54) is 0 Å². The summed E-state index contributed by atoms with van der Waals surface area (Å²) in [6, 6.07) is 41.8. The maximum atomic E-state index is 9.87. The van der Waals surface area contributed by atoms with Crippen LogP contribution in [0.2, 0.25) is 0 Å². The number of aromatic nitrogens is 4. The first-order valence-corrected chi connectivity index (χ1v) is 31.4. The van der Waals surface area contributed by atoms with Crippen LogP contribution < -0.4 is 37.2 Å². The third-order valence-electron chi connectivity index (χ3n) is 10.3. The van der Waals surface area contributed by atoms with Crippen molar-refractivity contribution in [1.82, 2.24) is 0 Å². The number of ether oxygens (including phenoxy) is 4. The Balaban J connectivity index is 0.000000381. The van der Waals surface area contributed by atoms with Gasteiger partial charge in [-0.25, -0.2) is 18.3 Å². The zero-order valence-corrected chi connectivity index (χ0v) is 45.7. The summed E-state index contributed by atoms with van der Waals surface area (Å²) >= 11 is 0. The Labute approximate surface area is 458 Å². The van der Waals surface area contributed by atoms with Crippen molar-refractivity contribution in [3.05, 3.63) is 171 Å². The molecule has 0 fully saturated rings. The Kier molecular flexibility index (Phi) is 17.5. The van der Waals surface area contributed by atoms with Crippen LogP contribution in [-0.2, 0) is 26.2 Å². The maximum absolute atomic E-state index is 10.7. The van der Waals surface area contributed by atoms with Gasteiger partial charge in [-0.2, -0.15) is 0 Å². The number of nitrogens with zero attached hydrogens (tertiary/aromatic N) is 4. The fourth-order valence-electron chi connectivity index (χ4n) is 7.25. The molecule has 84 heavy (non-hydrogen) atoms. The van der Waals surface area contributed by atoms with Gasteiger partial charge in [0.25, 0.3) is 0 Å². The van der Waals surface area contributed by atoms with Crippen LogP contribution in [0.15, 0.2) is 171 Å². The van der Waals surface area contributed by atoms with E-state index in [0.717, 1.165) is 93.0 Å². The fourth-order valence-corrected chi connectivity index (χ4v) is 7.25. The van der Waals surface area contributed by atoms with E-state index in [0.29, 0.717) is 26.4 Å². The van der Waals surface area contributed by atoms with Gasteiger partial charge in [0.1, 0.15) is 49.4 Å². The molecule has 0 unspecified atom stereocenters. The number of benzene rings is 4. The second kappa shape index (κ2) is 21.6. The average Bonchev–Trinajstić information content (AvgIpc) is 3.22. The molecule has 4 aromatic carbocycles. The van der Waals surface area contributed by atoms with E-state index in [9.17, 15) is 101 Å². The fraction of sp³-hybridized carbons (Fsp3) is 0.167. The van der Waals surface area contributed by atoms with Crippen LogP contribution in [0.1, 0.15) is 0 Å². The summed E-state index contributed by atoms with van der Waals surface area (Å²) in [6.07, 6.45) is 16.9. The monoisotopic (exact) mass is 1320 g/mol. The summed E-state index contributed by atoms with van der Waals surface area (Å²) in [5.41, 5.74) is 4.65. The smallest absolute Gasteiger partial charge is 0.182 e. The van der Waals surface area contributed by atoms with Crippen LogP contribution in [0, 0.1) is 0 Å². The van der Waals surface area contributed by atoms with Crippen molar-refractivity contribution in [1.29, 1.82) is 0 Å². The summed E-state index contributed by atoms with van der Waals surface area (Å²) < 4.78 is 271. The van der Waals surface area contributed by atoms with Gasteiger partial charge >= 0.3 is 132 Å². The maximum Gasteiger partial charge on any atom is 0.182 e. The van der Waals surface area contributed by atoms with Crippen molar-refractivity contribution in [2.24, 2.45) is 0 Å². The van der Waals surface area contributed by atoms with Gasteiger partial charge in [-0.1, -0.05) is 48.5 Å². The van der Waals surface area contributed by atoms with E-state index in [1.54, 1.807) is 0 Å². The van der Waals surface area contributed by atoms with E-state index in [4.69, 9.17) is 18.9 Å². The molecule has 15 rings (SSSR count). The van der Waals surface area contributed by atoms with Crippen molar-refractivity contribution in [3.8, 4) is 45.3 Å². The number of hydrogen-bond acceptors (Lipinski definition) is 4. The molecule has 7 aliphatic rings. The Bertz CT molecular complexity index is 3050. The number of pyridine rings is 4. The van der Waals surface area contributed by atoms with Gasteiger partial charge in [-0.05, 0) is 46.5 Å². The van der Waals surface area contributed by atoms with Crippen LogP contribution >= 0.6 is 31.2 Å². The standard InChI is InChI=1S/C48H44N4O4.4F6P/c1-5-41-42-6-2-10-46(41)54-34-30-50-23-15-38(16-24-50)40-19-27-52(28-20-40)32-36-56-48-12-4-7-43-44(48)8-3-11-47(43)55-35-31-51-25-17-39(18-26-51)37-13-21-49(22-14-37)29-33-53-45(42)9-1;4*1-7(2,3,4,5)6/h1-28H,29-36H2;;;;/q+4;4*-1. The largest absolute Gasteiger partial charge is 0.486 e. The molecule has 8 aromatic rings. The normalized spacial score (nSPS) is 16.9. The number of halogens is 24. The molecule has 0 aliphatic carbocycles. The molecule has 16 bridgehead atoms. The van der Waals surface area contributed by atoms with Crippen LogP contribution in [0.3, 0.4) is 0 Å². The summed E-state index contributed by atoms with van der Waals surface area (Å²) in [7, 11) is -42.6. The van der Waals surface area contributed by atoms with E-state index >= 15 is 0 Å². The molecule has 0 saturated heterocycles. The molecule has 0 atom stereocenters. The van der Waals surface area contributed by atoms with Gasteiger partial charge in [0.05, 0.1) is 0 Å².